The van der Waals surface area contributed by atoms with Gasteiger partial charge in [0.1, 0.15) is 5.65 Å². The molecule has 1 aliphatic rings. The molecule has 1 saturated heterocycles. The molecular formula is C33H34Cl2N6O. The van der Waals surface area contributed by atoms with Crippen molar-refractivity contribution in [1.82, 2.24) is 24.0 Å². The number of likely N-dealkylation sites (tertiary alicyclic amines) is 1. The Morgan fingerprint density at radius 2 is 1.64 bits per heavy atom. The first-order chi connectivity index (χ1) is 20.2. The number of nitrogens with one attached hydrogen (secondary N) is 1. The van der Waals surface area contributed by atoms with Crippen LogP contribution in [0.5, 0.6) is 0 Å². The summed E-state index contributed by atoms with van der Waals surface area (Å²) in [5, 5.41) is 4.87. The van der Waals surface area contributed by atoms with Crippen LogP contribution in [-0.2, 0) is 7.05 Å². The molecule has 0 unspecified atom stereocenters. The van der Waals surface area contributed by atoms with Gasteiger partial charge in [-0.3, -0.25) is 9.36 Å². The molecule has 3 aromatic heterocycles. The minimum absolute atomic E-state index is 0.155. The number of anilines is 2. The fourth-order valence-corrected chi connectivity index (χ4v) is 6.51. The lowest BCUT2D eigenvalue weighted by atomic mass is 9.89. The average molecular weight is 602 g/mol. The van der Waals surface area contributed by atoms with Gasteiger partial charge in [-0.1, -0.05) is 35.3 Å². The number of aromatic nitrogens is 4. The van der Waals surface area contributed by atoms with E-state index in [0.29, 0.717) is 38.7 Å². The molecule has 1 N–H and O–H groups in total. The average Bonchev–Trinajstić information content (AvgIpc) is 3.40. The van der Waals surface area contributed by atoms with E-state index in [1.165, 1.54) is 18.4 Å². The number of aryl methyl sites for hydroxylation is 1. The van der Waals surface area contributed by atoms with E-state index >= 15 is 0 Å². The van der Waals surface area contributed by atoms with Crippen LogP contribution >= 0.6 is 23.2 Å². The van der Waals surface area contributed by atoms with Crippen LogP contribution in [0.1, 0.15) is 44.2 Å². The third-order valence-electron chi connectivity index (χ3n) is 8.12. The quantitative estimate of drug-likeness (QED) is 0.214. The third-order valence-corrected chi connectivity index (χ3v) is 8.72. The van der Waals surface area contributed by atoms with E-state index in [0.717, 1.165) is 35.3 Å². The monoisotopic (exact) mass is 600 g/mol. The maximum atomic E-state index is 13.9. The zero-order valence-electron chi connectivity index (χ0n) is 24.2. The van der Waals surface area contributed by atoms with E-state index in [2.05, 4.69) is 46.5 Å². The van der Waals surface area contributed by atoms with Crippen LogP contribution < -0.4 is 10.9 Å². The molecule has 0 radical (unpaired) electrons. The van der Waals surface area contributed by atoms with Crippen molar-refractivity contribution >= 4 is 45.9 Å². The van der Waals surface area contributed by atoms with Crippen molar-refractivity contribution < 1.29 is 0 Å². The smallest absolute Gasteiger partial charge is 0.260 e. The lowest BCUT2D eigenvalue weighted by Gasteiger charge is -2.29. The molecule has 9 heteroatoms. The first kappa shape index (κ1) is 28.5. The largest absolute Gasteiger partial charge is 0.357 e. The summed E-state index contributed by atoms with van der Waals surface area (Å²) < 4.78 is 3.64. The van der Waals surface area contributed by atoms with Crippen molar-refractivity contribution in [3.05, 3.63) is 93.1 Å². The lowest BCUT2D eigenvalue weighted by molar-refractivity contribution is 0.255. The van der Waals surface area contributed by atoms with Crippen molar-refractivity contribution in [3.63, 3.8) is 0 Å². The van der Waals surface area contributed by atoms with E-state index in [9.17, 15) is 4.79 Å². The highest BCUT2D eigenvalue weighted by Crippen LogP contribution is 2.38. The first-order valence-corrected chi connectivity index (χ1v) is 15.0. The molecule has 0 bridgehead atoms. The third kappa shape index (κ3) is 5.56. The predicted molar refractivity (Wildman–Crippen MR) is 173 cm³/mol. The summed E-state index contributed by atoms with van der Waals surface area (Å²) in [6.45, 7) is 6.19. The molecule has 2 aromatic carbocycles. The SMILES string of the molecule is CC(C)n1c(=O)c(-c2c(Cl)cc(-c3ccn(C)c3)cc2Cl)cc2cnc(Nc3ccc(C4CCN(C)CC4)cc3)nc21. The number of pyridine rings is 1. The van der Waals surface area contributed by atoms with Gasteiger partial charge < -0.3 is 14.8 Å². The highest BCUT2D eigenvalue weighted by Gasteiger charge is 2.21. The van der Waals surface area contributed by atoms with Crippen molar-refractivity contribution in [2.24, 2.45) is 7.05 Å². The summed E-state index contributed by atoms with van der Waals surface area (Å²) in [6, 6.07) is 15.8. The van der Waals surface area contributed by atoms with Gasteiger partial charge in [-0.05, 0) is 106 Å². The Morgan fingerprint density at radius 1 is 0.952 bits per heavy atom. The minimum Gasteiger partial charge on any atom is -0.357 e. The maximum Gasteiger partial charge on any atom is 0.260 e. The zero-order chi connectivity index (χ0) is 29.5. The van der Waals surface area contributed by atoms with Gasteiger partial charge in [0.05, 0.1) is 15.6 Å². The second-order valence-electron chi connectivity index (χ2n) is 11.5. The van der Waals surface area contributed by atoms with Crippen molar-refractivity contribution in [2.45, 2.75) is 38.6 Å². The number of halogens is 2. The van der Waals surface area contributed by atoms with Crippen LogP contribution in [-0.4, -0.2) is 44.1 Å². The van der Waals surface area contributed by atoms with Gasteiger partial charge in [0.25, 0.3) is 5.56 Å². The number of piperidine rings is 1. The molecule has 216 valence electrons. The molecular weight excluding hydrogens is 567 g/mol. The summed E-state index contributed by atoms with van der Waals surface area (Å²) in [5.41, 5.74) is 5.41. The summed E-state index contributed by atoms with van der Waals surface area (Å²) in [7, 11) is 4.14. The summed E-state index contributed by atoms with van der Waals surface area (Å²) in [5.74, 6) is 1.03. The highest BCUT2D eigenvalue weighted by atomic mass is 35.5. The second-order valence-corrected chi connectivity index (χ2v) is 12.3. The molecule has 1 aliphatic heterocycles. The van der Waals surface area contributed by atoms with Gasteiger partial charge >= 0.3 is 0 Å². The van der Waals surface area contributed by atoms with E-state index < -0.39 is 0 Å². The minimum atomic E-state index is -0.208. The van der Waals surface area contributed by atoms with Crippen LogP contribution in [0.25, 0.3) is 33.3 Å². The summed E-state index contributed by atoms with van der Waals surface area (Å²) in [6.07, 6.45) is 8.05. The van der Waals surface area contributed by atoms with Crippen LogP contribution in [0.2, 0.25) is 10.0 Å². The van der Waals surface area contributed by atoms with Crippen LogP contribution in [0.3, 0.4) is 0 Å². The number of fused-ring (bicyclic) bond motifs is 1. The fourth-order valence-electron chi connectivity index (χ4n) is 5.82. The molecule has 5 aromatic rings. The van der Waals surface area contributed by atoms with Crippen LogP contribution in [0.4, 0.5) is 11.6 Å². The first-order valence-electron chi connectivity index (χ1n) is 14.3. The summed E-state index contributed by atoms with van der Waals surface area (Å²) in [4.78, 5) is 25.7. The van der Waals surface area contributed by atoms with E-state index in [1.807, 2.05) is 56.1 Å². The van der Waals surface area contributed by atoms with Gasteiger partial charge in [-0.2, -0.15) is 4.98 Å². The zero-order valence-corrected chi connectivity index (χ0v) is 25.7. The number of benzene rings is 2. The normalized spacial score (nSPS) is 14.6. The Balaban J connectivity index is 1.34. The predicted octanol–water partition coefficient (Wildman–Crippen LogP) is 7.90. The molecule has 0 spiro atoms. The Labute approximate surface area is 255 Å². The van der Waals surface area contributed by atoms with E-state index in [4.69, 9.17) is 28.2 Å². The van der Waals surface area contributed by atoms with Crippen LogP contribution in [0, 0.1) is 0 Å². The number of hydrogen-bond acceptors (Lipinski definition) is 5. The standard InChI is InChI=1S/C33H34Cl2N6O/c1-20(2)41-31-25(15-27(32(41)42)30-28(34)16-24(17-29(30)35)23-11-14-40(4)19-23)18-36-33(38-31)37-26-7-5-21(6-8-26)22-9-12-39(3)13-10-22/h5-8,11,14-20,22H,9-10,12-13H2,1-4H3,(H,36,37,38). The molecule has 1 fully saturated rings. The van der Waals surface area contributed by atoms with Gasteiger partial charge in [-0.15, -0.1) is 0 Å². The van der Waals surface area contributed by atoms with Crippen molar-refractivity contribution in [1.29, 1.82) is 0 Å². The molecule has 42 heavy (non-hydrogen) atoms. The topological polar surface area (TPSA) is 68.0 Å². The Bertz CT molecular complexity index is 1790. The molecule has 0 aliphatic carbocycles. The van der Waals surface area contributed by atoms with Crippen molar-refractivity contribution in [3.8, 4) is 22.3 Å². The fraction of sp³-hybridized carbons (Fsp3) is 0.303. The molecule has 0 atom stereocenters. The molecule has 4 heterocycles. The van der Waals surface area contributed by atoms with E-state index in [1.54, 1.807) is 16.8 Å². The molecule has 0 amide bonds. The number of hydrogen-bond donors (Lipinski definition) is 1. The van der Waals surface area contributed by atoms with Gasteiger partial charge in [0.15, 0.2) is 0 Å². The number of rotatable bonds is 6. The van der Waals surface area contributed by atoms with Gasteiger partial charge in [-0.25, -0.2) is 4.98 Å². The Morgan fingerprint density at radius 3 is 2.26 bits per heavy atom. The van der Waals surface area contributed by atoms with Crippen molar-refractivity contribution in [2.75, 3.05) is 25.5 Å². The number of nitrogens with zero attached hydrogens (tertiary/aromatic N) is 5. The van der Waals surface area contributed by atoms with Gasteiger partial charge in [0, 0.05) is 48.3 Å². The Kier molecular flexibility index (Phi) is 7.83. The molecule has 0 saturated carbocycles. The molecule has 6 rings (SSSR count). The molecule has 7 nitrogen and oxygen atoms in total. The second kappa shape index (κ2) is 11.6. The summed E-state index contributed by atoms with van der Waals surface area (Å²) >= 11 is 13.6. The lowest BCUT2D eigenvalue weighted by Crippen LogP contribution is -2.29. The van der Waals surface area contributed by atoms with Gasteiger partial charge in [0.2, 0.25) is 5.95 Å². The Hall–Kier alpha value is -3.65. The highest BCUT2D eigenvalue weighted by molar-refractivity contribution is 6.39. The van der Waals surface area contributed by atoms with Crippen LogP contribution in [0.15, 0.2) is 71.9 Å². The van der Waals surface area contributed by atoms with E-state index in [-0.39, 0.29) is 11.6 Å². The maximum absolute atomic E-state index is 13.9.